The molecule has 0 spiro atoms. The highest BCUT2D eigenvalue weighted by Crippen LogP contribution is 2.28. The van der Waals surface area contributed by atoms with E-state index in [0.29, 0.717) is 12.0 Å². The number of anilines is 1. The largest absolute Gasteiger partial charge is 0.396 e. The van der Waals surface area contributed by atoms with E-state index < -0.39 is 36.8 Å². The molecule has 2 unspecified atom stereocenters. The fraction of sp³-hybridized carbons (Fsp3) is 0.538. The van der Waals surface area contributed by atoms with E-state index in [1.807, 2.05) is 0 Å². The summed E-state index contributed by atoms with van der Waals surface area (Å²) in [5, 5.41) is 37.5. The predicted molar refractivity (Wildman–Crippen MR) is 76.7 cm³/mol. The molecule has 2 heterocycles. The van der Waals surface area contributed by atoms with Crippen molar-refractivity contribution in [1.29, 1.82) is 0 Å². The van der Waals surface area contributed by atoms with E-state index in [2.05, 4.69) is 4.98 Å². The lowest BCUT2D eigenvalue weighted by atomic mass is 10.1. The average Bonchev–Trinajstić information content (AvgIpc) is 2.77. The van der Waals surface area contributed by atoms with Crippen molar-refractivity contribution in [1.82, 2.24) is 9.55 Å². The van der Waals surface area contributed by atoms with Gasteiger partial charge in [-0.25, -0.2) is 4.79 Å². The van der Waals surface area contributed by atoms with Crippen LogP contribution < -0.4 is 11.4 Å². The van der Waals surface area contributed by atoms with Crippen LogP contribution in [0, 0.1) is 0 Å². The second-order valence-electron chi connectivity index (χ2n) is 4.91. The van der Waals surface area contributed by atoms with E-state index in [0.717, 1.165) is 4.57 Å². The zero-order chi connectivity index (χ0) is 16.3. The molecule has 0 aromatic carbocycles. The van der Waals surface area contributed by atoms with Gasteiger partial charge in [-0.3, -0.25) is 4.57 Å². The molecule has 0 radical (unpaired) electrons. The van der Waals surface area contributed by atoms with Crippen molar-refractivity contribution < 1.29 is 25.2 Å². The van der Waals surface area contributed by atoms with Gasteiger partial charge >= 0.3 is 5.69 Å². The molecule has 4 atom stereocenters. The number of aliphatic hydroxyl groups is 4. The number of hydrogen-bond donors (Lipinski definition) is 5. The third-order valence-corrected chi connectivity index (χ3v) is 3.40. The second kappa shape index (κ2) is 6.99. The van der Waals surface area contributed by atoms with E-state index in [9.17, 15) is 15.0 Å². The first-order valence-corrected chi connectivity index (χ1v) is 6.78. The zero-order valence-corrected chi connectivity index (χ0v) is 11.7. The van der Waals surface area contributed by atoms with Crippen LogP contribution in [0.2, 0.25) is 0 Å². The van der Waals surface area contributed by atoms with Crippen LogP contribution in [0.15, 0.2) is 17.1 Å². The van der Waals surface area contributed by atoms with Gasteiger partial charge in [0.2, 0.25) is 0 Å². The number of rotatable bonds is 5. The molecule has 1 fully saturated rings. The van der Waals surface area contributed by atoms with Crippen LogP contribution in [0.3, 0.4) is 0 Å². The van der Waals surface area contributed by atoms with Crippen molar-refractivity contribution in [3.05, 3.63) is 28.3 Å². The second-order valence-corrected chi connectivity index (χ2v) is 4.91. The fourth-order valence-corrected chi connectivity index (χ4v) is 2.20. The lowest BCUT2D eigenvalue weighted by Crippen LogP contribution is -2.36. The van der Waals surface area contributed by atoms with Gasteiger partial charge in [-0.15, -0.1) is 0 Å². The van der Waals surface area contributed by atoms with Crippen molar-refractivity contribution >= 4 is 11.9 Å². The number of ether oxygens (including phenoxy) is 1. The van der Waals surface area contributed by atoms with Crippen molar-refractivity contribution in [2.24, 2.45) is 0 Å². The van der Waals surface area contributed by atoms with E-state index in [1.54, 1.807) is 12.2 Å². The summed E-state index contributed by atoms with van der Waals surface area (Å²) in [6.45, 7) is -0.520. The smallest absolute Gasteiger partial charge is 0.351 e. The minimum absolute atomic E-state index is 0.00202. The maximum absolute atomic E-state index is 11.9. The van der Waals surface area contributed by atoms with Crippen LogP contribution in [0.5, 0.6) is 0 Å². The molecular formula is C13H19N3O6. The monoisotopic (exact) mass is 313 g/mol. The molecule has 22 heavy (non-hydrogen) atoms. The first-order chi connectivity index (χ1) is 10.5. The number of aliphatic hydroxyl groups excluding tert-OH is 4. The van der Waals surface area contributed by atoms with Crippen molar-refractivity contribution in [3.8, 4) is 0 Å². The number of nitrogens with zero attached hydrogens (tertiary/aromatic N) is 2. The van der Waals surface area contributed by atoms with E-state index >= 15 is 0 Å². The fourth-order valence-electron chi connectivity index (χ4n) is 2.20. The van der Waals surface area contributed by atoms with Crippen molar-refractivity contribution in [2.45, 2.75) is 31.0 Å². The molecule has 9 heteroatoms. The normalized spacial score (nSPS) is 28.5. The van der Waals surface area contributed by atoms with E-state index in [-0.39, 0.29) is 12.4 Å². The van der Waals surface area contributed by atoms with E-state index in [1.165, 1.54) is 6.20 Å². The topological polar surface area (TPSA) is 151 Å². The highest BCUT2D eigenvalue weighted by atomic mass is 16.6. The van der Waals surface area contributed by atoms with Crippen LogP contribution in [-0.2, 0) is 4.74 Å². The Morgan fingerprint density at radius 3 is 2.68 bits per heavy atom. The van der Waals surface area contributed by atoms with Gasteiger partial charge in [0.1, 0.15) is 24.1 Å². The summed E-state index contributed by atoms with van der Waals surface area (Å²) >= 11 is 0. The van der Waals surface area contributed by atoms with Gasteiger partial charge in [0.25, 0.3) is 0 Å². The molecule has 0 amide bonds. The summed E-state index contributed by atoms with van der Waals surface area (Å²) in [7, 11) is 0. The van der Waals surface area contributed by atoms with Gasteiger partial charge in [-0.1, -0.05) is 12.2 Å². The maximum atomic E-state index is 11.9. The van der Waals surface area contributed by atoms with Gasteiger partial charge in [-0.05, 0) is 6.42 Å². The standard InChI is InChI=1S/C13H19N3O6/c14-11-7(3-1-2-4-17)5-16(13(21)15-11)12-10(20)9(19)8(6-18)22-12/h1,3,5,8-10,12,17-20H,2,4,6H2,(H2,14,15,21)/t8-,9?,10?,12-/m1/s1. The summed E-state index contributed by atoms with van der Waals surface area (Å²) in [5.41, 5.74) is 5.32. The zero-order valence-electron chi connectivity index (χ0n) is 11.7. The molecular weight excluding hydrogens is 294 g/mol. The Labute approximate surface area is 125 Å². The highest BCUT2D eigenvalue weighted by Gasteiger charge is 2.43. The molecule has 9 nitrogen and oxygen atoms in total. The molecule has 1 aromatic heterocycles. The quantitative estimate of drug-likeness (QED) is 0.412. The summed E-state index contributed by atoms with van der Waals surface area (Å²) < 4.78 is 6.30. The minimum atomic E-state index is -1.38. The number of nitrogen functional groups attached to an aromatic ring is 1. The van der Waals surface area contributed by atoms with Gasteiger partial charge in [0, 0.05) is 18.4 Å². The Kier molecular flexibility index (Phi) is 5.27. The lowest BCUT2D eigenvalue weighted by Gasteiger charge is -2.18. The van der Waals surface area contributed by atoms with Crippen LogP contribution in [0.1, 0.15) is 18.2 Å². The third-order valence-electron chi connectivity index (χ3n) is 3.40. The average molecular weight is 313 g/mol. The van der Waals surface area contributed by atoms with Crippen LogP contribution in [0.25, 0.3) is 6.08 Å². The molecule has 1 aromatic rings. The summed E-state index contributed by atoms with van der Waals surface area (Å²) in [6, 6.07) is 0. The van der Waals surface area contributed by atoms with Crippen LogP contribution in [-0.4, -0.2) is 61.5 Å². The Hall–Kier alpha value is -1.78. The Bertz CT molecular complexity index is 602. The molecule has 0 bridgehead atoms. The summed E-state index contributed by atoms with van der Waals surface area (Å²) in [4.78, 5) is 15.6. The number of hydrogen-bond acceptors (Lipinski definition) is 8. The first kappa shape index (κ1) is 16.6. The summed E-state index contributed by atoms with van der Waals surface area (Å²) in [5.74, 6) is 0.00202. The van der Waals surface area contributed by atoms with Crippen LogP contribution in [0.4, 0.5) is 5.82 Å². The Balaban J connectivity index is 2.35. The van der Waals surface area contributed by atoms with Gasteiger partial charge in [0.05, 0.1) is 6.61 Å². The highest BCUT2D eigenvalue weighted by molar-refractivity contribution is 5.59. The lowest BCUT2D eigenvalue weighted by molar-refractivity contribution is -0.0549. The van der Waals surface area contributed by atoms with Gasteiger partial charge in [-0.2, -0.15) is 4.98 Å². The van der Waals surface area contributed by atoms with Crippen LogP contribution >= 0.6 is 0 Å². The SMILES string of the molecule is Nc1nc(=O)n([C@@H]2O[C@H](CO)C(O)C2O)cc1C=CCCO. The Morgan fingerprint density at radius 2 is 2.09 bits per heavy atom. The molecule has 1 aliphatic heterocycles. The molecule has 0 aliphatic carbocycles. The number of nitrogens with two attached hydrogens (primary N) is 1. The van der Waals surface area contributed by atoms with Crippen molar-refractivity contribution in [3.63, 3.8) is 0 Å². The number of aromatic nitrogens is 2. The Morgan fingerprint density at radius 1 is 1.36 bits per heavy atom. The molecule has 6 N–H and O–H groups in total. The van der Waals surface area contributed by atoms with Gasteiger partial charge in [0.15, 0.2) is 6.23 Å². The minimum Gasteiger partial charge on any atom is -0.396 e. The van der Waals surface area contributed by atoms with E-state index in [4.69, 9.17) is 20.7 Å². The van der Waals surface area contributed by atoms with Crippen molar-refractivity contribution in [2.75, 3.05) is 18.9 Å². The predicted octanol–water partition coefficient (Wildman–Crippen LogP) is -2.17. The third kappa shape index (κ3) is 3.18. The molecule has 122 valence electrons. The van der Waals surface area contributed by atoms with Gasteiger partial charge < -0.3 is 30.9 Å². The molecule has 2 rings (SSSR count). The molecule has 1 aliphatic rings. The maximum Gasteiger partial charge on any atom is 0.351 e. The summed E-state index contributed by atoms with van der Waals surface area (Å²) in [6.07, 6.45) is 0.138. The molecule has 1 saturated heterocycles. The molecule has 0 saturated carbocycles. The first-order valence-electron chi connectivity index (χ1n) is 6.78.